The van der Waals surface area contributed by atoms with Gasteiger partial charge in [0.2, 0.25) is 10.0 Å². The van der Waals surface area contributed by atoms with Crippen LogP contribution in [0, 0.1) is 0 Å². The third kappa shape index (κ3) is 5.58. The number of methoxy groups -OCH3 is 1. The second-order valence-electron chi connectivity index (χ2n) is 6.70. The number of ether oxygens (including phenoxy) is 1. The van der Waals surface area contributed by atoms with Gasteiger partial charge in [-0.25, -0.2) is 13.2 Å². The van der Waals surface area contributed by atoms with Crippen molar-refractivity contribution in [3.8, 4) is 0 Å². The zero-order chi connectivity index (χ0) is 21.1. The maximum absolute atomic E-state index is 13.5. The highest BCUT2D eigenvalue weighted by atomic mass is 32.2. The molecule has 0 amide bonds. The summed E-state index contributed by atoms with van der Waals surface area (Å²) in [5.74, 6) is -0.845. The van der Waals surface area contributed by atoms with Crippen LogP contribution in [0.5, 0.6) is 0 Å². The van der Waals surface area contributed by atoms with Crippen LogP contribution in [0.4, 0.5) is 18.9 Å². The minimum Gasteiger partial charge on any atom is -0.465 e. The molecule has 0 aromatic heterocycles. The lowest BCUT2D eigenvalue weighted by molar-refractivity contribution is -0.137. The van der Waals surface area contributed by atoms with Gasteiger partial charge in [-0.1, -0.05) is 0 Å². The zero-order valence-corrected chi connectivity index (χ0v) is 16.8. The Morgan fingerprint density at radius 1 is 1.21 bits per heavy atom. The molecule has 1 aromatic carbocycles. The molecule has 2 rings (SSSR count). The highest BCUT2D eigenvalue weighted by Crippen LogP contribution is 2.38. The molecule has 1 aromatic rings. The number of halogens is 3. The number of benzene rings is 1. The second-order valence-corrected chi connectivity index (χ2v) is 8.61. The lowest BCUT2D eigenvalue weighted by Crippen LogP contribution is -2.47. The fourth-order valence-electron chi connectivity index (χ4n) is 2.99. The van der Waals surface area contributed by atoms with E-state index in [0.29, 0.717) is 23.5 Å². The van der Waals surface area contributed by atoms with E-state index >= 15 is 0 Å². The first kappa shape index (κ1) is 22.4. The number of alkyl halides is 3. The fourth-order valence-corrected chi connectivity index (χ4v) is 3.91. The molecule has 158 valence electrons. The molecule has 28 heavy (non-hydrogen) atoms. The van der Waals surface area contributed by atoms with E-state index in [2.05, 4.69) is 9.64 Å². The molecule has 0 atom stereocenters. The molecule has 1 saturated heterocycles. The van der Waals surface area contributed by atoms with Crippen molar-refractivity contribution < 1.29 is 31.1 Å². The molecule has 0 radical (unpaired) electrons. The first-order valence-corrected chi connectivity index (χ1v) is 10.5. The van der Waals surface area contributed by atoms with E-state index in [9.17, 15) is 26.4 Å². The number of hydrogen-bond acceptors (Lipinski definition) is 6. The average molecular weight is 423 g/mol. The predicted molar refractivity (Wildman–Crippen MR) is 98.9 cm³/mol. The van der Waals surface area contributed by atoms with E-state index in [1.165, 1.54) is 0 Å². The van der Waals surface area contributed by atoms with Crippen molar-refractivity contribution >= 4 is 21.7 Å². The number of carbonyl (C=O) groups excluding carboxylic acids is 1. The zero-order valence-electron chi connectivity index (χ0n) is 16.0. The van der Waals surface area contributed by atoms with Crippen molar-refractivity contribution in [2.45, 2.75) is 6.18 Å². The lowest BCUT2D eigenvalue weighted by Gasteiger charge is -2.34. The molecule has 1 aliphatic rings. The topological polar surface area (TPSA) is 70.2 Å². The van der Waals surface area contributed by atoms with Crippen molar-refractivity contribution in [3.63, 3.8) is 0 Å². The molecule has 0 saturated carbocycles. The van der Waals surface area contributed by atoms with Crippen LogP contribution < -0.4 is 4.31 Å². The Kier molecular flexibility index (Phi) is 6.94. The Morgan fingerprint density at radius 3 is 2.32 bits per heavy atom. The third-order valence-corrected chi connectivity index (χ3v) is 5.79. The number of anilines is 1. The Bertz CT molecular complexity index is 806. The maximum Gasteiger partial charge on any atom is 0.418 e. The van der Waals surface area contributed by atoms with Gasteiger partial charge in [0.25, 0.3) is 0 Å². The smallest absolute Gasteiger partial charge is 0.418 e. The van der Waals surface area contributed by atoms with Gasteiger partial charge in [0.05, 0.1) is 30.2 Å². The van der Waals surface area contributed by atoms with E-state index < -0.39 is 33.4 Å². The molecular formula is C17H24F3N3O4S. The van der Waals surface area contributed by atoms with Crippen LogP contribution in [0.25, 0.3) is 0 Å². The van der Waals surface area contributed by atoms with Crippen LogP contribution >= 0.6 is 0 Å². The normalized spacial score (nSPS) is 16.8. The van der Waals surface area contributed by atoms with Crippen molar-refractivity contribution in [1.82, 2.24) is 9.80 Å². The number of carbonyl (C=O) groups is 1. The Hall–Kier alpha value is -1.85. The summed E-state index contributed by atoms with van der Waals surface area (Å²) in [4.78, 5) is 15.9. The van der Waals surface area contributed by atoms with Gasteiger partial charge < -0.3 is 9.64 Å². The number of rotatable bonds is 6. The van der Waals surface area contributed by atoms with Crippen LogP contribution in [-0.4, -0.2) is 83.9 Å². The Balaban J connectivity index is 2.39. The molecule has 1 fully saturated rings. The molecule has 0 aliphatic carbocycles. The fraction of sp³-hybridized carbons (Fsp3) is 0.588. The first-order valence-electron chi connectivity index (χ1n) is 8.61. The van der Waals surface area contributed by atoms with Gasteiger partial charge in [-0.2, -0.15) is 13.2 Å². The van der Waals surface area contributed by atoms with Crippen molar-refractivity contribution in [2.24, 2.45) is 0 Å². The molecule has 1 heterocycles. The van der Waals surface area contributed by atoms with E-state index in [1.54, 1.807) is 0 Å². The van der Waals surface area contributed by atoms with E-state index in [4.69, 9.17) is 0 Å². The monoisotopic (exact) mass is 423 g/mol. The largest absolute Gasteiger partial charge is 0.465 e. The molecule has 0 N–H and O–H groups in total. The standard InChI is InChI=1S/C17H24F3N3O4S/c1-21-6-8-22(9-7-21)10-11-23(28(3,25)26)15-12-13(16(24)27-2)4-5-14(15)17(18,19)20/h4-5,12H,6-11H2,1-3H3. The summed E-state index contributed by atoms with van der Waals surface area (Å²) in [6.45, 7) is 3.11. The molecule has 7 nitrogen and oxygen atoms in total. The molecule has 11 heteroatoms. The van der Waals surface area contributed by atoms with Gasteiger partial charge in [-0.3, -0.25) is 9.21 Å². The second kappa shape index (κ2) is 8.66. The lowest BCUT2D eigenvalue weighted by atomic mass is 10.1. The quantitative estimate of drug-likeness (QED) is 0.646. The first-order chi connectivity index (χ1) is 12.9. The minimum absolute atomic E-state index is 0.154. The molecular weight excluding hydrogens is 399 g/mol. The summed E-state index contributed by atoms with van der Waals surface area (Å²) in [5.41, 5.74) is -1.85. The summed E-state index contributed by atoms with van der Waals surface area (Å²) in [7, 11) is -0.952. The maximum atomic E-state index is 13.5. The SMILES string of the molecule is COC(=O)c1ccc(C(F)(F)F)c(N(CCN2CCN(C)CC2)S(C)(=O)=O)c1. The minimum atomic E-state index is -4.78. The van der Waals surface area contributed by atoms with Crippen molar-refractivity contribution in [3.05, 3.63) is 29.3 Å². The number of hydrogen-bond donors (Lipinski definition) is 0. The van der Waals surface area contributed by atoms with Gasteiger partial charge in [0.15, 0.2) is 0 Å². The number of sulfonamides is 1. The van der Waals surface area contributed by atoms with Crippen molar-refractivity contribution in [2.75, 3.05) is 64.0 Å². The van der Waals surface area contributed by atoms with E-state index in [1.807, 2.05) is 11.9 Å². The van der Waals surface area contributed by atoms with Crippen LogP contribution in [0.3, 0.4) is 0 Å². The number of likely N-dealkylation sites (N-methyl/N-ethyl adjacent to an activating group) is 1. The summed E-state index contributed by atoms with van der Waals surface area (Å²) >= 11 is 0. The van der Waals surface area contributed by atoms with Crippen LogP contribution in [-0.2, 0) is 20.9 Å². The highest BCUT2D eigenvalue weighted by molar-refractivity contribution is 7.92. The predicted octanol–water partition coefficient (Wildman–Crippen LogP) is 1.51. The van der Waals surface area contributed by atoms with Crippen molar-refractivity contribution in [1.29, 1.82) is 0 Å². The number of esters is 1. The summed E-state index contributed by atoms with van der Waals surface area (Å²) in [6, 6.07) is 2.59. The summed E-state index contributed by atoms with van der Waals surface area (Å²) in [5, 5.41) is 0. The Labute approximate surface area is 162 Å². The third-order valence-electron chi connectivity index (χ3n) is 4.61. The van der Waals surface area contributed by atoms with Gasteiger partial charge in [0.1, 0.15) is 0 Å². The van der Waals surface area contributed by atoms with Gasteiger partial charge in [0, 0.05) is 39.3 Å². The number of nitrogens with zero attached hydrogens (tertiary/aromatic N) is 3. The van der Waals surface area contributed by atoms with Gasteiger partial charge >= 0.3 is 12.1 Å². The highest BCUT2D eigenvalue weighted by Gasteiger charge is 2.37. The van der Waals surface area contributed by atoms with Crippen LogP contribution in [0.15, 0.2) is 18.2 Å². The summed E-state index contributed by atoms with van der Waals surface area (Å²) < 4.78 is 70.3. The molecule has 1 aliphatic heterocycles. The number of piperazine rings is 1. The molecule has 0 bridgehead atoms. The van der Waals surface area contributed by atoms with E-state index in [0.717, 1.165) is 38.6 Å². The average Bonchev–Trinajstić information content (AvgIpc) is 2.60. The van der Waals surface area contributed by atoms with Crippen LogP contribution in [0.1, 0.15) is 15.9 Å². The molecule has 0 spiro atoms. The molecule has 0 unspecified atom stereocenters. The van der Waals surface area contributed by atoms with Gasteiger partial charge in [-0.05, 0) is 25.2 Å². The van der Waals surface area contributed by atoms with Crippen LogP contribution in [0.2, 0.25) is 0 Å². The Morgan fingerprint density at radius 2 is 1.82 bits per heavy atom. The van der Waals surface area contributed by atoms with Gasteiger partial charge in [-0.15, -0.1) is 0 Å². The summed E-state index contributed by atoms with van der Waals surface area (Å²) in [6.07, 6.45) is -3.93. The van der Waals surface area contributed by atoms with E-state index in [-0.39, 0.29) is 18.7 Å².